The summed E-state index contributed by atoms with van der Waals surface area (Å²) in [6.07, 6.45) is 0.848. The molecule has 0 radical (unpaired) electrons. The van der Waals surface area contributed by atoms with E-state index in [4.69, 9.17) is 5.73 Å². The van der Waals surface area contributed by atoms with Crippen LogP contribution in [0, 0.1) is 0 Å². The highest BCUT2D eigenvalue weighted by Crippen LogP contribution is 2.37. The first-order valence-corrected chi connectivity index (χ1v) is 5.45. The first-order chi connectivity index (χ1) is 6.70. The predicted molar refractivity (Wildman–Crippen MR) is 59.4 cm³/mol. The molecule has 1 aromatic carbocycles. The average Bonchev–Trinajstić information content (AvgIpc) is 2.16. The van der Waals surface area contributed by atoms with Gasteiger partial charge in [-0.2, -0.15) is 0 Å². The zero-order valence-electron chi connectivity index (χ0n) is 7.91. The Morgan fingerprint density at radius 2 is 2.36 bits per heavy atom. The highest BCUT2D eigenvalue weighted by atomic mass is 32.2. The minimum Gasteiger partial charge on any atom is -0.399 e. The molecule has 0 saturated carbocycles. The summed E-state index contributed by atoms with van der Waals surface area (Å²) in [5.41, 5.74) is 7.15. The van der Waals surface area contributed by atoms with Crippen LogP contribution in [0.4, 0.5) is 11.4 Å². The van der Waals surface area contributed by atoms with Crippen LogP contribution in [0.15, 0.2) is 23.1 Å². The quantitative estimate of drug-likeness (QED) is 0.695. The van der Waals surface area contributed by atoms with Gasteiger partial charge in [-0.1, -0.05) is 6.92 Å². The van der Waals surface area contributed by atoms with E-state index in [0.717, 1.165) is 17.0 Å². The summed E-state index contributed by atoms with van der Waals surface area (Å²) in [5, 5.41) is 2.90. The number of fused-ring (bicyclic) bond motifs is 1. The van der Waals surface area contributed by atoms with Crippen molar-refractivity contribution in [3.8, 4) is 0 Å². The van der Waals surface area contributed by atoms with E-state index >= 15 is 0 Å². The van der Waals surface area contributed by atoms with Crippen molar-refractivity contribution >= 4 is 29.0 Å². The number of anilines is 2. The van der Waals surface area contributed by atoms with Crippen LogP contribution in [-0.4, -0.2) is 11.2 Å². The Kier molecular flexibility index (Phi) is 2.37. The number of benzene rings is 1. The largest absolute Gasteiger partial charge is 0.399 e. The van der Waals surface area contributed by atoms with E-state index in [2.05, 4.69) is 5.32 Å². The van der Waals surface area contributed by atoms with E-state index in [1.807, 2.05) is 19.1 Å². The standard InChI is InChI=1S/C10H12N2OS/c1-2-8-10(13)12-7-5-6(11)3-4-9(7)14-8/h3-5,8H,2,11H2,1H3,(H,12,13). The second kappa shape index (κ2) is 3.53. The fourth-order valence-corrected chi connectivity index (χ4v) is 2.46. The Labute approximate surface area is 87.1 Å². The van der Waals surface area contributed by atoms with Crippen LogP contribution in [0.1, 0.15) is 13.3 Å². The van der Waals surface area contributed by atoms with E-state index < -0.39 is 0 Å². The van der Waals surface area contributed by atoms with Crippen LogP contribution in [0.2, 0.25) is 0 Å². The summed E-state index contributed by atoms with van der Waals surface area (Å²) in [4.78, 5) is 12.6. The van der Waals surface area contributed by atoms with E-state index in [1.54, 1.807) is 17.8 Å². The normalized spacial score (nSPS) is 20.1. The number of carbonyl (C=O) groups is 1. The van der Waals surface area contributed by atoms with Crippen molar-refractivity contribution < 1.29 is 4.79 Å². The number of nitrogen functional groups attached to an aromatic ring is 1. The van der Waals surface area contributed by atoms with Gasteiger partial charge in [-0.3, -0.25) is 4.79 Å². The molecule has 2 rings (SSSR count). The molecule has 1 unspecified atom stereocenters. The number of hydrogen-bond acceptors (Lipinski definition) is 3. The van der Waals surface area contributed by atoms with Gasteiger partial charge in [0.2, 0.25) is 5.91 Å². The summed E-state index contributed by atoms with van der Waals surface area (Å²) >= 11 is 1.61. The van der Waals surface area contributed by atoms with Gasteiger partial charge >= 0.3 is 0 Å². The maximum Gasteiger partial charge on any atom is 0.237 e. The third-order valence-corrected chi connectivity index (χ3v) is 3.64. The van der Waals surface area contributed by atoms with Gasteiger partial charge in [-0.05, 0) is 24.6 Å². The third kappa shape index (κ3) is 1.57. The Bertz CT molecular complexity index is 378. The topological polar surface area (TPSA) is 55.1 Å². The van der Waals surface area contributed by atoms with Gasteiger partial charge in [0, 0.05) is 10.6 Å². The van der Waals surface area contributed by atoms with Gasteiger partial charge in [0.25, 0.3) is 0 Å². The molecule has 1 aliphatic rings. The zero-order chi connectivity index (χ0) is 10.1. The van der Waals surface area contributed by atoms with Gasteiger partial charge in [0.05, 0.1) is 10.9 Å². The molecule has 1 heterocycles. The van der Waals surface area contributed by atoms with Crippen molar-refractivity contribution in [3.63, 3.8) is 0 Å². The van der Waals surface area contributed by atoms with Crippen LogP contribution in [0.3, 0.4) is 0 Å². The van der Waals surface area contributed by atoms with Crippen LogP contribution in [0.5, 0.6) is 0 Å². The molecule has 74 valence electrons. The van der Waals surface area contributed by atoms with Crippen LogP contribution >= 0.6 is 11.8 Å². The average molecular weight is 208 g/mol. The second-order valence-electron chi connectivity index (χ2n) is 3.26. The van der Waals surface area contributed by atoms with E-state index in [9.17, 15) is 4.79 Å². The third-order valence-electron chi connectivity index (χ3n) is 2.19. The molecule has 3 N–H and O–H groups in total. The number of amides is 1. The Balaban J connectivity index is 2.35. The predicted octanol–water partition coefficient (Wildman–Crippen LogP) is 2.09. The monoisotopic (exact) mass is 208 g/mol. The number of nitrogens with one attached hydrogen (secondary N) is 1. The lowest BCUT2D eigenvalue weighted by molar-refractivity contribution is -0.115. The highest BCUT2D eigenvalue weighted by Gasteiger charge is 2.24. The van der Waals surface area contributed by atoms with Gasteiger partial charge in [0.1, 0.15) is 0 Å². The lowest BCUT2D eigenvalue weighted by Gasteiger charge is -2.23. The molecule has 1 amide bonds. The van der Waals surface area contributed by atoms with Crippen molar-refractivity contribution in [2.24, 2.45) is 0 Å². The molecule has 3 nitrogen and oxygen atoms in total. The molecule has 1 aromatic rings. The van der Waals surface area contributed by atoms with Crippen molar-refractivity contribution in [3.05, 3.63) is 18.2 Å². The summed E-state index contributed by atoms with van der Waals surface area (Å²) in [7, 11) is 0. The molecule has 14 heavy (non-hydrogen) atoms. The molecule has 0 spiro atoms. The fourth-order valence-electron chi connectivity index (χ4n) is 1.44. The summed E-state index contributed by atoms with van der Waals surface area (Å²) < 4.78 is 0. The van der Waals surface area contributed by atoms with Gasteiger partial charge in [0.15, 0.2) is 0 Å². The molecular weight excluding hydrogens is 196 g/mol. The second-order valence-corrected chi connectivity index (χ2v) is 4.50. The molecule has 1 atom stereocenters. The van der Waals surface area contributed by atoms with E-state index in [1.165, 1.54) is 0 Å². The Morgan fingerprint density at radius 1 is 1.57 bits per heavy atom. The first-order valence-electron chi connectivity index (χ1n) is 4.57. The Hall–Kier alpha value is -1.16. The van der Waals surface area contributed by atoms with Gasteiger partial charge < -0.3 is 11.1 Å². The molecule has 0 aliphatic carbocycles. The van der Waals surface area contributed by atoms with Crippen LogP contribution in [-0.2, 0) is 4.79 Å². The van der Waals surface area contributed by atoms with E-state index in [-0.39, 0.29) is 11.2 Å². The van der Waals surface area contributed by atoms with Crippen molar-refractivity contribution in [2.75, 3.05) is 11.1 Å². The Morgan fingerprint density at radius 3 is 3.07 bits per heavy atom. The summed E-state index contributed by atoms with van der Waals surface area (Å²) in [6, 6.07) is 5.61. The van der Waals surface area contributed by atoms with Crippen molar-refractivity contribution in [1.82, 2.24) is 0 Å². The fraction of sp³-hybridized carbons (Fsp3) is 0.300. The van der Waals surface area contributed by atoms with Crippen LogP contribution < -0.4 is 11.1 Å². The van der Waals surface area contributed by atoms with Crippen molar-refractivity contribution in [1.29, 1.82) is 0 Å². The maximum absolute atomic E-state index is 11.5. The number of carbonyl (C=O) groups excluding carboxylic acids is 1. The van der Waals surface area contributed by atoms with Gasteiger partial charge in [-0.15, -0.1) is 11.8 Å². The number of rotatable bonds is 1. The SMILES string of the molecule is CCC1Sc2ccc(N)cc2NC1=O. The molecule has 4 heteroatoms. The van der Waals surface area contributed by atoms with E-state index in [0.29, 0.717) is 5.69 Å². The van der Waals surface area contributed by atoms with Gasteiger partial charge in [-0.25, -0.2) is 0 Å². The minimum atomic E-state index is 0.0334. The lowest BCUT2D eigenvalue weighted by atomic mass is 10.2. The number of nitrogens with two attached hydrogens (primary N) is 1. The maximum atomic E-state index is 11.5. The smallest absolute Gasteiger partial charge is 0.237 e. The molecule has 0 bridgehead atoms. The summed E-state index contributed by atoms with van der Waals surface area (Å²) in [6.45, 7) is 2.01. The highest BCUT2D eigenvalue weighted by molar-refractivity contribution is 8.01. The molecule has 1 aliphatic heterocycles. The molecular formula is C10H12N2OS. The zero-order valence-corrected chi connectivity index (χ0v) is 8.73. The minimum absolute atomic E-state index is 0.0334. The first kappa shape index (κ1) is 9.40. The van der Waals surface area contributed by atoms with Crippen molar-refractivity contribution in [2.45, 2.75) is 23.5 Å². The molecule has 0 saturated heterocycles. The number of thioether (sulfide) groups is 1. The summed E-state index contributed by atoms with van der Waals surface area (Å²) in [5.74, 6) is 0.0793. The number of hydrogen-bond donors (Lipinski definition) is 2. The van der Waals surface area contributed by atoms with Crippen LogP contribution in [0.25, 0.3) is 0 Å². The molecule has 0 aromatic heterocycles. The molecule has 0 fully saturated rings. The lowest BCUT2D eigenvalue weighted by Crippen LogP contribution is -2.28.